The highest BCUT2D eigenvalue weighted by Crippen LogP contribution is 2.24. The van der Waals surface area contributed by atoms with Crippen LogP contribution in [0.5, 0.6) is 0 Å². The first-order chi connectivity index (χ1) is 9.42. The van der Waals surface area contributed by atoms with E-state index in [9.17, 15) is 8.42 Å². The summed E-state index contributed by atoms with van der Waals surface area (Å²) >= 11 is 11.5. The lowest BCUT2D eigenvalue weighted by Gasteiger charge is -2.09. The summed E-state index contributed by atoms with van der Waals surface area (Å²) in [5.41, 5.74) is 0.193. The van der Waals surface area contributed by atoms with Gasteiger partial charge in [0.15, 0.2) is 0 Å². The summed E-state index contributed by atoms with van der Waals surface area (Å²) in [5, 5.41) is 9.21. The summed E-state index contributed by atoms with van der Waals surface area (Å²) < 4.78 is 26.7. The maximum absolute atomic E-state index is 12.2. The van der Waals surface area contributed by atoms with Crippen molar-refractivity contribution in [3.8, 4) is 6.07 Å². The van der Waals surface area contributed by atoms with E-state index < -0.39 is 10.0 Å². The smallest absolute Gasteiger partial charge is 0.263 e. The number of nitrogens with zero attached hydrogens (tertiary/aromatic N) is 2. The Kier molecular flexibility index (Phi) is 4.14. The molecule has 1 aromatic carbocycles. The lowest BCUT2D eigenvalue weighted by molar-refractivity contribution is 0.601. The number of halogens is 2. The Bertz CT molecular complexity index is 783. The molecule has 0 atom stereocenters. The molecule has 0 aliphatic rings. The number of hydrogen-bond donors (Lipinski definition) is 1. The monoisotopic (exact) mass is 327 g/mol. The highest BCUT2D eigenvalue weighted by atomic mass is 35.5. The molecule has 1 aromatic heterocycles. The van der Waals surface area contributed by atoms with Gasteiger partial charge in [-0.3, -0.25) is 4.72 Å². The molecule has 0 aliphatic carbocycles. The van der Waals surface area contributed by atoms with Gasteiger partial charge in [-0.1, -0.05) is 23.2 Å². The zero-order valence-electron chi connectivity index (χ0n) is 9.84. The van der Waals surface area contributed by atoms with Crippen LogP contribution in [0.2, 0.25) is 10.0 Å². The van der Waals surface area contributed by atoms with Crippen LogP contribution < -0.4 is 4.72 Å². The molecule has 0 amide bonds. The minimum atomic E-state index is -3.93. The van der Waals surface area contributed by atoms with Crippen molar-refractivity contribution in [3.63, 3.8) is 0 Å². The highest BCUT2D eigenvalue weighted by Gasteiger charge is 2.19. The van der Waals surface area contributed by atoms with Crippen LogP contribution in [0.15, 0.2) is 41.4 Å². The van der Waals surface area contributed by atoms with Crippen molar-refractivity contribution in [2.24, 2.45) is 0 Å². The molecule has 1 heterocycles. The third-order valence-electron chi connectivity index (χ3n) is 2.32. The molecular formula is C12H7Cl2N3O2S. The molecule has 20 heavy (non-hydrogen) atoms. The molecule has 0 fully saturated rings. The zero-order chi connectivity index (χ0) is 14.8. The number of rotatable bonds is 3. The molecule has 102 valence electrons. The van der Waals surface area contributed by atoms with Gasteiger partial charge in [0.1, 0.15) is 10.7 Å². The standard InChI is InChI=1S/C12H7Cl2N3O2S/c13-9-2-4-12(16-7-9)17-20(18,19)11-5-8(6-15)1-3-10(11)14/h1-5,7H,(H,16,17). The van der Waals surface area contributed by atoms with Crippen molar-refractivity contribution < 1.29 is 8.42 Å². The summed E-state index contributed by atoms with van der Waals surface area (Å²) in [5.74, 6) is 0.104. The van der Waals surface area contributed by atoms with Crippen molar-refractivity contribution >= 4 is 39.0 Å². The molecule has 5 nitrogen and oxygen atoms in total. The first kappa shape index (κ1) is 14.6. The van der Waals surface area contributed by atoms with Crippen LogP contribution in [0.1, 0.15) is 5.56 Å². The van der Waals surface area contributed by atoms with Gasteiger partial charge in [0.05, 0.1) is 21.7 Å². The second kappa shape index (κ2) is 5.67. The number of pyridine rings is 1. The minimum absolute atomic E-state index is 0.0189. The topological polar surface area (TPSA) is 82.8 Å². The van der Waals surface area contributed by atoms with E-state index in [0.29, 0.717) is 5.02 Å². The van der Waals surface area contributed by atoms with Crippen LogP contribution in [-0.2, 0) is 10.0 Å². The molecule has 2 rings (SSSR count). The van der Waals surface area contributed by atoms with Crippen molar-refractivity contribution in [3.05, 3.63) is 52.1 Å². The number of anilines is 1. The van der Waals surface area contributed by atoms with Crippen LogP contribution in [0.4, 0.5) is 5.82 Å². The lowest BCUT2D eigenvalue weighted by atomic mass is 10.2. The van der Waals surface area contributed by atoms with Gasteiger partial charge in [-0.2, -0.15) is 5.26 Å². The number of aromatic nitrogens is 1. The molecule has 0 unspecified atom stereocenters. The molecular weight excluding hydrogens is 321 g/mol. The van der Waals surface area contributed by atoms with Gasteiger partial charge in [-0.05, 0) is 30.3 Å². The average Bonchev–Trinajstić information content (AvgIpc) is 2.41. The second-order valence-electron chi connectivity index (χ2n) is 3.72. The van der Waals surface area contributed by atoms with Gasteiger partial charge in [0.2, 0.25) is 0 Å². The third-order valence-corrected chi connectivity index (χ3v) is 4.38. The number of nitriles is 1. The fourth-order valence-corrected chi connectivity index (χ4v) is 3.05. The Morgan fingerprint density at radius 1 is 1.20 bits per heavy atom. The van der Waals surface area contributed by atoms with Crippen LogP contribution in [0.25, 0.3) is 0 Å². The molecule has 8 heteroatoms. The van der Waals surface area contributed by atoms with E-state index >= 15 is 0 Å². The Balaban J connectivity index is 2.40. The Morgan fingerprint density at radius 2 is 1.95 bits per heavy atom. The van der Waals surface area contributed by atoms with E-state index in [1.807, 2.05) is 6.07 Å². The summed E-state index contributed by atoms with van der Waals surface area (Å²) in [4.78, 5) is 3.65. The van der Waals surface area contributed by atoms with Crippen molar-refractivity contribution in [2.45, 2.75) is 4.90 Å². The normalized spacial score (nSPS) is 10.8. The van der Waals surface area contributed by atoms with Gasteiger partial charge < -0.3 is 0 Å². The highest BCUT2D eigenvalue weighted by molar-refractivity contribution is 7.92. The second-order valence-corrected chi connectivity index (χ2v) is 6.22. The lowest BCUT2D eigenvalue weighted by Crippen LogP contribution is -2.14. The maximum atomic E-state index is 12.2. The summed E-state index contributed by atoms with van der Waals surface area (Å²) in [7, 11) is -3.93. The minimum Gasteiger partial charge on any atom is -0.263 e. The van der Waals surface area contributed by atoms with Crippen LogP contribution in [0.3, 0.4) is 0 Å². The van der Waals surface area contributed by atoms with Gasteiger partial charge in [-0.25, -0.2) is 13.4 Å². The first-order valence-corrected chi connectivity index (χ1v) is 7.50. The SMILES string of the molecule is N#Cc1ccc(Cl)c(S(=O)(=O)Nc2ccc(Cl)cn2)c1. The molecule has 0 saturated carbocycles. The molecule has 2 aromatic rings. The van der Waals surface area contributed by atoms with Gasteiger partial charge in [0.25, 0.3) is 10.0 Å². The number of sulfonamides is 1. The number of benzene rings is 1. The van der Waals surface area contributed by atoms with Gasteiger partial charge >= 0.3 is 0 Å². The molecule has 0 bridgehead atoms. The van der Waals surface area contributed by atoms with Crippen molar-refractivity contribution in [1.29, 1.82) is 5.26 Å². The van der Waals surface area contributed by atoms with E-state index in [4.69, 9.17) is 28.5 Å². The zero-order valence-corrected chi connectivity index (χ0v) is 12.2. The van der Waals surface area contributed by atoms with E-state index in [0.717, 1.165) is 0 Å². The summed E-state index contributed by atoms with van der Waals surface area (Å²) in [6.07, 6.45) is 1.31. The fraction of sp³-hybridized carbons (Fsp3) is 0. The largest absolute Gasteiger partial charge is 0.264 e. The Morgan fingerprint density at radius 3 is 2.55 bits per heavy atom. The summed E-state index contributed by atoms with van der Waals surface area (Å²) in [6, 6.07) is 8.75. The van der Waals surface area contributed by atoms with E-state index in [2.05, 4.69) is 9.71 Å². The predicted molar refractivity (Wildman–Crippen MR) is 76.2 cm³/mol. The van der Waals surface area contributed by atoms with Crippen molar-refractivity contribution in [2.75, 3.05) is 4.72 Å². The van der Waals surface area contributed by atoms with E-state index in [1.165, 1.54) is 36.5 Å². The van der Waals surface area contributed by atoms with Crippen LogP contribution in [-0.4, -0.2) is 13.4 Å². The predicted octanol–water partition coefficient (Wildman–Crippen LogP) is 3.06. The van der Waals surface area contributed by atoms with E-state index in [-0.39, 0.29) is 21.3 Å². The first-order valence-electron chi connectivity index (χ1n) is 5.26. The molecule has 0 saturated heterocycles. The van der Waals surface area contributed by atoms with Crippen molar-refractivity contribution in [1.82, 2.24) is 4.98 Å². The summed E-state index contributed by atoms with van der Waals surface area (Å²) in [6.45, 7) is 0. The number of nitrogens with one attached hydrogen (secondary N) is 1. The molecule has 0 aliphatic heterocycles. The van der Waals surface area contributed by atoms with E-state index in [1.54, 1.807) is 0 Å². The quantitative estimate of drug-likeness (QED) is 0.939. The molecule has 1 N–H and O–H groups in total. The maximum Gasteiger partial charge on any atom is 0.264 e. The van der Waals surface area contributed by atoms with Crippen LogP contribution in [0, 0.1) is 11.3 Å². The molecule has 0 radical (unpaired) electrons. The Hall–Kier alpha value is -1.81. The number of hydrogen-bond acceptors (Lipinski definition) is 4. The Labute approximate surface area is 125 Å². The van der Waals surface area contributed by atoms with Crippen LogP contribution >= 0.6 is 23.2 Å². The van der Waals surface area contributed by atoms with Gasteiger partial charge in [-0.15, -0.1) is 0 Å². The fourth-order valence-electron chi connectivity index (χ4n) is 1.41. The molecule has 0 spiro atoms. The third kappa shape index (κ3) is 3.20. The average molecular weight is 328 g/mol. The van der Waals surface area contributed by atoms with Gasteiger partial charge in [0, 0.05) is 6.20 Å².